The van der Waals surface area contributed by atoms with Gasteiger partial charge in [-0.2, -0.15) is 0 Å². The fraction of sp³-hybridized carbons (Fsp3) is 0.200. The van der Waals surface area contributed by atoms with Crippen molar-refractivity contribution < 1.29 is 0 Å². The lowest BCUT2D eigenvalue weighted by Crippen LogP contribution is -1.83. The minimum absolute atomic E-state index is 0.681. The van der Waals surface area contributed by atoms with Crippen LogP contribution in [0.25, 0.3) is 16.8 Å². The van der Waals surface area contributed by atoms with Crippen LogP contribution in [-0.4, -0.2) is 5.88 Å². The predicted octanol–water partition coefficient (Wildman–Crippen LogP) is 4.79. The summed E-state index contributed by atoms with van der Waals surface area (Å²) in [7, 11) is 0. The highest BCUT2D eigenvalue weighted by atomic mass is 35.5. The molecule has 2 rings (SSSR count). The summed E-state index contributed by atoms with van der Waals surface area (Å²) in [6.45, 7) is 2.15. The molecule has 0 heterocycles. The molecule has 0 N–H and O–H groups in total. The number of allylic oxidation sites excluding steroid dienone is 1. The predicted molar refractivity (Wildman–Crippen MR) is 73.1 cm³/mol. The number of alkyl halides is 1. The molecule has 0 radical (unpaired) electrons. The van der Waals surface area contributed by atoms with Gasteiger partial charge in [-0.25, -0.2) is 0 Å². The summed E-state index contributed by atoms with van der Waals surface area (Å²) >= 11 is 5.67. The molecule has 0 saturated heterocycles. The molecule has 0 aliphatic heterocycles. The Balaban J connectivity index is 2.52. The van der Waals surface area contributed by atoms with Crippen molar-refractivity contribution in [2.24, 2.45) is 0 Å². The Morgan fingerprint density at radius 3 is 2.75 bits per heavy atom. The lowest BCUT2D eigenvalue weighted by atomic mass is 9.99. The zero-order valence-corrected chi connectivity index (χ0v) is 10.2. The third-order valence-corrected chi connectivity index (χ3v) is 2.97. The van der Waals surface area contributed by atoms with Crippen LogP contribution in [-0.2, 0) is 0 Å². The van der Waals surface area contributed by atoms with Crippen LogP contribution in [0.1, 0.15) is 17.5 Å². The van der Waals surface area contributed by atoms with Gasteiger partial charge < -0.3 is 0 Å². The zero-order chi connectivity index (χ0) is 11.4. The largest absolute Gasteiger partial charge is 0.126 e. The van der Waals surface area contributed by atoms with E-state index in [1.165, 1.54) is 21.9 Å². The van der Waals surface area contributed by atoms with Gasteiger partial charge in [-0.05, 0) is 35.2 Å². The quantitative estimate of drug-likeness (QED) is 0.665. The second kappa shape index (κ2) is 5.18. The van der Waals surface area contributed by atoms with Gasteiger partial charge in [0.05, 0.1) is 0 Å². The topological polar surface area (TPSA) is 0 Å². The van der Waals surface area contributed by atoms with Gasteiger partial charge in [-0.1, -0.05) is 48.6 Å². The molecule has 0 aliphatic rings. The van der Waals surface area contributed by atoms with E-state index < -0.39 is 0 Å². The Hall–Kier alpha value is -1.27. The first-order valence-electron chi connectivity index (χ1n) is 5.54. The second-order valence-electron chi connectivity index (χ2n) is 3.90. The van der Waals surface area contributed by atoms with E-state index in [4.69, 9.17) is 11.6 Å². The number of aryl methyl sites for hydroxylation is 1. The Bertz CT molecular complexity index is 512. The fourth-order valence-electron chi connectivity index (χ4n) is 1.89. The van der Waals surface area contributed by atoms with Crippen LogP contribution in [0.5, 0.6) is 0 Å². The molecule has 0 atom stereocenters. The van der Waals surface area contributed by atoms with E-state index in [-0.39, 0.29) is 0 Å². The summed E-state index contributed by atoms with van der Waals surface area (Å²) in [5, 5.41) is 2.60. The fourth-order valence-corrected chi connectivity index (χ4v) is 2.02. The van der Waals surface area contributed by atoms with Crippen LogP contribution < -0.4 is 0 Å². The van der Waals surface area contributed by atoms with Crippen molar-refractivity contribution in [2.45, 2.75) is 13.3 Å². The van der Waals surface area contributed by atoms with Gasteiger partial charge in [0.1, 0.15) is 0 Å². The summed E-state index contributed by atoms with van der Waals surface area (Å²) in [5.41, 5.74) is 2.62. The van der Waals surface area contributed by atoms with Crippen LogP contribution in [0, 0.1) is 6.92 Å². The lowest BCUT2D eigenvalue weighted by molar-refractivity contribution is 1.24. The SMILES string of the molecule is Cc1ccc2ccccc2c1C=CCCCl. The highest BCUT2D eigenvalue weighted by Gasteiger charge is 2.00. The van der Waals surface area contributed by atoms with Gasteiger partial charge in [-0.15, -0.1) is 11.6 Å². The third kappa shape index (κ3) is 2.28. The Morgan fingerprint density at radius 1 is 1.12 bits per heavy atom. The van der Waals surface area contributed by atoms with E-state index in [9.17, 15) is 0 Å². The maximum atomic E-state index is 5.67. The summed E-state index contributed by atoms with van der Waals surface area (Å²) in [6.07, 6.45) is 5.24. The van der Waals surface area contributed by atoms with Gasteiger partial charge in [0.15, 0.2) is 0 Å². The van der Waals surface area contributed by atoms with E-state index >= 15 is 0 Å². The molecule has 1 heteroatoms. The summed E-state index contributed by atoms with van der Waals surface area (Å²) in [6, 6.07) is 12.8. The first kappa shape index (κ1) is 11.2. The molecule has 0 fully saturated rings. The first-order chi connectivity index (χ1) is 7.83. The van der Waals surface area contributed by atoms with Crippen LogP contribution in [0.4, 0.5) is 0 Å². The maximum Gasteiger partial charge on any atom is 0.0258 e. The molecular formula is C15H15Cl. The molecule has 0 bridgehead atoms. The maximum absolute atomic E-state index is 5.67. The van der Waals surface area contributed by atoms with Gasteiger partial charge in [-0.3, -0.25) is 0 Å². The molecule has 82 valence electrons. The van der Waals surface area contributed by atoms with E-state index in [0.29, 0.717) is 5.88 Å². The van der Waals surface area contributed by atoms with Crippen LogP contribution in [0.3, 0.4) is 0 Å². The average molecular weight is 231 g/mol. The van der Waals surface area contributed by atoms with E-state index in [0.717, 1.165) is 6.42 Å². The summed E-state index contributed by atoms with van der Waals surface area (Å²) in [4.78, 5) is 0. The van der Waals surface area contributed by atoms with Crippen molar-refractivity contribution in [2.75, 3.05) is 5.88 Å². The lowest BCUT2D eigenvalue weighted by Gasteiger charge is -2.06. The molecule has 2 aromatic carbocycles. The molecule has 2 aromatic rings. The van der Waals surface area contributed by atoms with Crippen LogP contribution in [0.2, 0.25) is 0 Å². The number of hydrogen-bond acceptors (Lipinski definition) is 0. The van der Waals surface area contributed by atoms with Crippen molar-refractivity contribution in [1.29, 1.82) is 0 Å². The van der Waals surface area contributed by atoms with Gasteiger partial charge in [0.2, 0.25) is 0 Å². The van der Waals surface area contributed by atoms with E-state index in [1.807, 2.05) is 0 Å². The summed E-state index contributed by atoms with van der Waals surface area (Å²) < 4.78 is 0. The highest BCUT2D eigenvalue weighted by molar-refractivity contribution is 6.17. The van der Waals surface area contributed by atoms with Crippen molar-refractivity contribution >= 4 is 28.4 Å². The minimum Gasteiger partial charge on any atom is -0.126 e. The standard InChI is InChI=1S/C15H15Cl/c1-12-9-10-13-6-2-3-8-15(13)14(12)7-4-5-11-16/h2-4,6-10H,5,11H2,1H3. The minimum atomic E-state index is 0.681. The molecule has 0 aliphatic carbocycles. The van der Waals surface area contributed by atoms with Crippen molar-refractivity contribution in [3.05, 3.63) is 53.6 Å². The van der Waals surface area contributed by atoms with Crippen molar-refractivity contribution in [1.82, 2.24) is 0 Å². The molecule has 16 heavy (non-hydrogen) atoms. The molecule has 0 nitrogen and oxygen atoms in total. The number of fused-ring (bicyclic) bond motifs is 1. The Labute approximate surface area is 102 Å². The average Bonchev–Trinajstić information content (AvgIpc) is 2.32. The van der Waals surface area contributed by atoms with Gasteiger partial charge >= 0.3 is 0 Å². The third-order valence-electron chi connectivity index (χ3n) is 2.75. The Morgan fingerprint density at radius 2 is 1.94 bits per heavy atom. The van der Waals surface area contributed by atoms with Crippen LogP contribution >= 0.6 is 11.6 Å². The number of hydrogen-bond donors (Lipinski definition) is 0. The molecule has 0 aromatic heterocycles. The molecule has 0 amide bonds. The molecule has 0 unspecified atom stereocenters. The van der Waals surface area contributed by atoms with Crippen LogP contribution in [0.15, 0.2) is 42.5 Å². The molecular weight excluding hydrogens is 216 g/mol. The monoisotopic (exact) mass is 230 g/mol. The van der Waals surface area contributed by atoms with Gasteiger partial charge in [0.25, 0.3) is 0 Å². The number of halogens is 1. The Kier molecular flexibility index (Phi) is 3.63. The zero-order valence-electron chi connectivity index (χ0n) is 9.41. The van der Waals surface area contributed by atoms with E-state index in [2.05, 4.69) is 55.5 Å². The smallest absolute Gasteiger partial charge is 0.0258 e. The second-order valence-corrected chi connectivity index (χ2v) is 4.28. The molecule has 0 spiro atoms. The highest BCUT2D eigenvalue weighted by Crippen LogP contribution is 2.23. The van der Waals surface area contributed by atoms with E-state index in [1.54, 1.807) is 0 Å². The first-order valence-corrected chi connectivity index (χ1v) is 6.07. The number of benzene rings is 2. The molecule has 0 saturated carbocycles. The van der Waals surface area contributed by atoms with Gasteiger partial charge in [0, 0.05) is 5.88 Å². The normalized spacial score (nSPS) is 11.4. The van der Waals surface area contributed by atoms with Crippen molar-refractivity contribution in [3.63, 3.8) is 0 Å². The summed E-state index contributed by atoms with van der Waals surface area (Å²) in [5.74, 6) is 0.681. The van der Waals surface area contributed by atoms with Crippen molar-refractivity contribution in [3.8, 4) is 0 Å². The number of rotatable bonds is 3.